The lowest BCUT2D eigenvalue weighted by Crippen LogP contribution is -2.21. The quantitative estimate of drug-likeness (QED) is 0.877. The molecule has 2 aromatic rings. The number of carboxylic acids is 1. The molecule has 0 saturated heterocycles. The number of nitrogens with two attached hydrogens (primary N) is 1. The van der Waals surface area contributed by atoms with Gasteiger partial charge in [0.1, 0.15) is 6.04 Å². The van der Waals surface area contributed by atoms with Gasteiger partial charge in [0.25, 0.3) is 0 Å². The largest absolute Gasteiger partial charge is 0.480 e. The van der Waals surface area contributed by atoms with Gasteiger partial charge in [-0.2, -0.15) is 0 Å². The number of anilines is 2. The number of carboxylic acid groups (broad SMARTS) is 1. The molecule has 1 atom stereocenters. The normalized spacial score (nSPS) is 12.1. The van der Waals surface area contributed by atoms with Crippen molar-refractivity contribution in [3.05, 3.63) is 41.4 Å². The van der Waals surface area contributed by atoms with Crippen LogP contribution in [0.2, 0.25) is 0 Å². The van der Waals surface area contributed by atoms with Gasteiger partial charge in [0.2, 0.25) is 0 Å². The molecule has 100 valence electrons. The van der Waals surface area contributed by atoms with Gasteiger partial charge in [-0.1, -0.05) is 18.2 Å². The van der Waals surface area contributed by atoms with Gasteiger partial charge in [-0.3, -0.25) is 4.79 Å². The molecule has 1 heterocycles. The van der Waals surface area contributed by atoms with Crippen LogP contribution in [0.25, 0.3) is 0 Å². The summed E-state index contributed by atoms with van der Waals surface area (Å²) >= 11 is 1.39. The average Bonchev–Trinajstić information content (AvgIpc) is 2.89. The molecule has 2 rings (SSSR count). The first-order valence-corrected chi connectivity index (χ1v) is 6.78. The van der Waals surface area contributed by atoms with Crippen LogP contribution in [0.1, 0.15) is 18.7 Å². The van der Waals surface area contributed by atoms with Crippen molar-refractivity contribution in [2.45, 2.75) is 13.0 Å². The zero-order valence-electron chi connectivity index (χ0n) is 10.5. The number of carbonyl (C=O) groups is 1. The number of aliphatic carboxylic acids is 1. The first-order chi connectivity index (χ1) is 9.13. The highest BCUT2D eigenvalue weighted by atomic mass is 32.1. The summed E-state index contributed by atoms with van der Waals surface area (Å²) in [6.07, 6.45) is 0. The standard InChI is InChI=1S/C13H15N3O2S/c1-2-16(9-6-4-3-5-7-9)13-15-10(8-19-13)11(14)12(17)18/h3-8,11H,2,14H2,1H3,(H,17,18). The molecule has 0 aliphatic heterocycles. The summed E-state index contributed by atoms with van der Waals surface area (Å²) in [6.45, 7) is 2.77. The number of aromatic nitrogens is 1. The fraction of sp³-hybridized carbons (Fsp3) is 0.231. The zero-order valence-corrected chi connectivity index (χ0v) is 11.3. The van der Waals surface area contributed by atoms with Crippen LogP contribution >= 0.6 is 11.3 Å². The van der Waals surface area contributed by atoms with E-state index in [1.165, 1.54) is 11.3 Å². The molecule has 5 nitrogen and oxygen atoms in total. The highest BCUT2D eigenvalue weighted by Crippen LogP contribution is 2.29. The summed E-state index contributed by atoms with van der Waals surface area (Å²) in [5.41, 5.74) is 6.97. The number of benzene rings is 1. The topological polar surface area (TPSA) is 79.5 Å². The summed E-state index contributed by atoms with van der Waals surface area (Å²) in [7, 11) is 0. The van der Waals surface area contributed by atoms with Crippen LogP contribution in [-0.4, -0.2) is 22.6 Å². The summed E-state index contributed by atoms with van der Waals surface area (Å²) < 4.78 is 0. The fourth-order valence-corrected chi connectivity index (χ4v) is 2.65. The Bertz CT molecular complexity index is 556. The highest BCUT2D eigenvalue weighted by Gasteiger charge is 2.19. The molecule has 0 amide bonds. The van der Waals surface area contributed by atoms with Crippen molar-refractivity contribution in [1.82, 2.24) is 4.98 Å². The van der Waals surface area contributed by atoms with Gasteiger partial charge in [-0.05, 0) is 19.1 Å². The Morgan fingerprint density at radius 1 is 1.47 bits per heavy atom. The van der Waals surface area contributed by atoms with Gasteiger partial charge in [-0.25, -0.2) is 4.98 Å². The smallest absolute Gasteiger partial charge is 0.326 e. The van der Waals surface area contributed by atoms with Crippen LogP contribution in [0, 0.1) is 0 Å². The Hall–Kier alpha value is -1.92. The Kier molecular flexibility index (Phi) is 4.13. The van der Waals surface area contributed by atoms with E-state index < -0.39 is 12.0 Å². The van der Waals surface area contributed by atoms with E-state index >= 15 is 0 Å². The van der Waals surface area contributed by atoms with E-state index in [0.29, 0.717) is 5.69 Å². The molecule has 1 aromatic heterocycles. The molecule has 0 aliphatic rings. The Balaban J connectivity index is 2.28. The van der Waals surface area contributed by atoms with Crippen molar-refractivity contribution in [3.63, 3.8) is 0 Å². The first-order valence-electron chi connectivity index (χ1n) is 5.90. The molecule has 0 fully saturated rings. The third kappa shape index (κ3) is 2.91. The zero-order chi connectivity index (χ0) is 13.8. The van der Waals surface area contributed by atoms with Crippen LogP contribution in [-0.2, 0) is 4.79 Å². The van der Waals surface area contributed by atoms with Gasteiger partial charge in [0.15, 0.2) is 5.13 Å². The molecule has 0 aliphatic carbocycles. The summed E-state index contributed by atoms with van der Waals surface area (Å²) in [5, 5.41) is 11.3. The van der Waals surface area contributed by atoms with Gasteiger partial charge >= 0.3 is 5.97 Å². The van der Waals surface area contributed by atoms with E-state index in [1.807, 2.05) is 42.2 Å². The SMILES string of the molecule is CCN(c1ccccc1)c1nc(C(N)C(=O)O)cs1. The summed E-state index contributed by atoms with van der Waals surface area (Å²) in [4.78, 5) is 17.2. The number of thiazole rings is 1. The predicted molar refractivity (Wildman–Crippen MR) is 75.8 cm³/mol. The van der Waals surface area contributed by atoms with Crippen molar-refractivity contribution < 1.29 is 9.90 Å². The van der Waals surface area contributed by atoms with E-state index in [9.17, 15) is 4.79 Å². The Morgan fingerprint density at radius 3 is 2.74 bits per heavy atom. The molecule has 1 aromatic carbocycles. The van der Waals surface area contributed by atoms with Crippen LogP contribution in [0.4, 0.5) is 10.8 Å². The Labute approximate surface area is 115 Å². The number of nitrogens with zero attached hydrogens (tertiary/aromatic N) is 2. The molecule has 1 unspecified atom stereocenters. The number of para-hydroxylation sites is 1. The van der Waals surface area contributed by atoms with E-state index in [0.717, 1.165) is 17.4 Å². The minimum Gasteiger partial charge on any atom is -0.480 e. The molecule has 0 spiro atoms. The summed E-state index contributed by atoms with van der Waals surface area (Å²) in [6, 6.07) is 8.76. The number of hydrogen-bond donors (Lipinski definition) is 2. The molecular formula is C13H15N3O2S. The molecule has 19 heavy (non-hydrogen) atoms. The average molecular weight is 277 g/mol. The highest BCUT2D eigenvalue weighted by molar-refractivity contribution is 7.13. The van der Waals surface area contributed by atoms with Crippen LogP contribution in [0.5, 0.6) is 0 Å². The second kappa shape index (κ2) is 5.81. The molecule has 3 N–H and O–H groups in total. The molecule has 0 saturated carbocycles. The molecule has 0 bridgehead atoms. The van der Waals surface area contributed by atoms with Crippen molar-refractivity contribution in [3.8, 4) is 0 Å². The van der Waals surface area contributed by atoms with Crippen molar-refractivity contribution in [2.75, 3.05) is 11.4 Å². The maximum absolute atomic E-state index is 10.8. The van der Waals surface area contributed by atoms with Gasteiger partial charge in [-0.15, -0.1) is 11.3 Å². The monoisotopic (exact) mass is 277 g/mol. The maximum atomic E-state index is 10.8. The van der Waals surface area contributed by atoms with Crippen LogP contribution < -0.4 is 10.6 Å². The summed E-state index contributed by atoms with van der Waals surface area (Å²) in [5.74, 6) is -1.07. The first kappa shape index (κ1) is 13.5. The molecule has 6 heteroatoms. The minimum atomic E-state index is -1.07. The maximum Gasteiger partial charge on any atom is 0.326 e. The predicted octanol–water partition coefficient (Wildman–Crippen LogP) is 2.39. The van der Waals surface area contributed by atoms with Gasteiger partial charge in [0.05, 0.1) is 5.69 Å². The molecular weight excluding hydrogens is 262 g/mol. The van der Waals surface area contributed by atoms with Gasteiger partial charge < -0.3 is 15.7 Å². The van der Waals surface area contributed by atoms with Crippen LogP contribution in [0.3, 0.4) is 0 Å². The lowest BCUT2D eigenvalue weighted by atomic mass is 10.2. The molecule has 0 radical (unpaired) electrons. The van der Waals surface area contributed by atoms with Gasteiger partial charge in [0, 0.05) is 17.6 Å². The Morgan fingerprint density at radius 2 is 2.16 bits per heavy atom. The second-order valence-electron chi connectivity index (χ2n) is 3.95. The minimum absolute atomic E-state index is 0.391. The lowest BCUT2D eigenvalue weighted by molar-refractivity contribution is -0.138. The van der Waals surface area contributed by atoms with E-state index in [2.05, 4.69) is 4.98 Å². The second-order valence-corrected chi connectivity index (χ2v) is 4.79. The van der Waals surface area contributed by atoms with E-state index in [-0.39, 0.29) is 0 Å². The number of hydrogen-bond acceptors (Lipinski definition) is 5. The third-order valence-corrected chi connectivity index (χ3v) is 3.59. The van der Waals surface area contributed by atoms with Crippen LogP contribution in [0.15, 0.2) is 35.7 Å². The fourth-order valence-electron chi connectivity index (χ4n) is 1.71. The van der Waals surface area contributed by atoms with Crippen molar-refractivity contribution in [1.29, 1.82) is 0 Å². The van der Waals surface area contributed by atoms with Crippen molar-refractivity contribution >= 4 is 28.1 Å². The number of rotatable bonds is 5. The lowest BCUT2D eigenvalue weighted by Gasteiger charge is -2.19. The van der Waals surface area contributed by atoms with E-state index in [4.69, 9.17) is 10.8 Å². The van der Waals surface area contributed by atoms with Crippen molar-refractivity contribution in [2.24, 2.45) is 5.73 Å². The van der Waals surface area contributed by atoms with E-state index in [1.54, 1.807) is 5.38 Å². The third-order valence-electron chi connectivity index (χ3n) is 2.71.